The van der Waals surface area contributed by atoms with Crippen LogP contribution in [0.5, 0.6) is 0 Å². The molecule has 1 amide bonds. The Morgan fingerprint density at radius 3 is 2.65 bits per heavy atom. The van der Waals surface area contributed by atoms with Crippen molar-refractivity contribution in [3.63, 3.8) is 0 Å². The van der Waals surface area contributed by atoms with Crippen LogP contribution in [0.3, 0.4) is 0 Å². The lowest BCUT2D eigenvalue weighted by atomic mass is 10.2. The van der Waals surface area contributed by atoms with Gasteiger partial charge in [-0.1, -0.05) is 6.92 Å². The highest BCUT2D eigenvalue weighted by Gasteiger charge is 2.25. The zero-order valence-corrected chi connectivity index (χ0v) is 11.0. The van der Waals surface area contributed by atoms with Crippen molar-refractivity contribution in [3.8, 4) is 0 Å². The number of ether oxygens (including phenoxy) is 1. The molecule has 1 heterocycles. The highest BCUT2D eigenvalue weighted by Crippen LogP contribution is 2.07. The summed E-state index contributed by atoms with van der Waals surface area (Å²) in [7, 11) is 0. The van der Waals surface area contributed by atoms with Crippen LogP contribution in [0.15, 0.2) is 0 Å². The fraction of sp³-hybridized carbons (Fsp3) is 0.917. The first-order valence-electron chi connectivity index (χ1n) is 6.51. The second-order valence-corrected chi connectivity index (χ2v) is 4.38. The summed E-state index contributed by atoms with van der Waals surface area (Å²) in [4.78, 5) is 16.3. The van der Waals surface area contributed by atoms with Crippen LogP contribution in [0, 0.1) is 0 Å². The molecule has 0 aliphatic carbocycles. The quantitative estimate of drug-likeness (QED) is 0.708. The standard InChI is InChI=1S/C12H25N3O2/c1-3-14(6-4-5-13)11(2)12(16)15-7-9-17-10-8-15/h11H,3-10,13H2,1-2H3. The van der Waals surface area contributed by atoms with Crippen LogP contribution >= 0.6 is 0 Å². The van der Waals surface area contributed by atoms with Gasteiger partial charge in [0.2, 0.25) is 5.91 Å². The maximum absolute atomic E-state index is 12.3. The van der Waals surface area contributed by atoms with E-state index in [2.05, 4.69) is 11.8 Å². The second kappa shape index (κ2) is 7.63. The Hall–Kier alpha value is -0.650. The smallest absolute Gasteiger partial charge is 0.239 e. The molecule has 0 aromatic rings. The number of morpholine rings is 1. The monoisotopic (exact) mass is 243 g/mol. The van der Waals surface area contributed by atoms with Crippen LogP contribution in [0.1, 0.15) is 20.3 Å². The molecule has 100 valence electrons. The Labute approximate surface area is 104 Å². The summed E-state index contributed by atoms with van der Waals surface area (Å²) >= 11 is 0. The normalized spacial score (nSPS) is 18.5. The van der Waals surface area contributed by atoms with Crippen molar-refractivity contribution >= 4 is 5.91 Å². The highest BCUT2D eigenvalue weighted by atomic mass is 16.5. The molecular weight excluding hydrogens is 218 g/mol. The Bertz CT molecular complexity index is 230. The molecule has 1 fully saturated rings. The number of nitrogens with two attached hydrogens (primary N) is 1. The number of carbonyl (C=O) groups is 1. The van der Waals surface area contributed by atoms with Crippen LogP contribution in [0.4, 0.5) is 0 Å². The molecule has 5 nitrogen and oxygen atoms in total. The predicted octanol–water partition coefficient (Wildman–Crippen LogP) is -0.0956. The average Bonchev–Trinajstić information content (AvgIpc) is 2.39. The molecule has 0 bridgehead atoms. The number of nitrogens with zero attached hydrogens (tertiary/aromatic N) is 2. The van der Waals surface area contributed by atoms with Crippen LogP contribution in [-0.2, 0) is 9.53 Å². The predicted molar refractivity (Wildman–Crippen MR) is 67.8 cm³/mol. The van der Waals surface area contributed by atoms with E-state index in [1.807, 2.05) is 11.8 Å². The van der Waals surface area contributed by atoms with Crippen molar-refractivity contribution in [2.24, 2.45) is 5.73 Å². The van der Waals surface area contributed by atoms with E-state index in [0.717, 1.165) is 32.6 Å². The van der Waals surface area contributed by atoms with Gasteiger partial charge in [-0.25, -0.2) is 0 Å². The van der Waals surface area contributed by atoms with E-state index >= 15 is 0 Å². The Morgan fingerprint density at radius 1 is 1.47 bits per heavy atom. The minimum absolute atomic E-state index is 0.0513. The van der Waals surface area contributed by atoms with Crippen molar-refractivity contribution in [1.82, 2.24) is 9.80 Å². The van der Waals surface area contributed by atoms with Gasteiger partial charge in [0.15, 0.2) is 0 Å². The lowest BCUT2D eigenvalue weighted by molar-refractivity contribution is -0.140. The summed E-state index contributed by atoms with van der Waals surface area (Å²) in [5.41, 5.74) is 5.51. The van der Waals surface area contributed by atoms with Gasteiger partial charge in [-0.05, 0) is 26.4 Å². The Balaban J connectivity index is 2.47. The maximum atomic E-state index is 12.3. The molecule has 17 heavy (non-hydrogen) atoms. The third-order valence-electron chi connectivity index (χ3n) is 3.28. The third kappa shape index (κ3) is 4.26. The highest BCUT2D eigenvalue weighted by molar-refractivity contribution is 5.81. The lowest BCUT2D eigenvalue weighted by Gasteiger charge is -2.33. The summed E-state index contributed by atoms with van der Waals surface area (Å²) in [5.74, 6) is 0.215. The third-order valence-corrected chi connectivity index (χ3v) is 3.28. The first-order valence-corrected chi connectivity index (χ1v) is 6.51. The molecular formula is C12H25N3O2. The number of hydrogen-bond acceptors (Lipinski definition) is 4. The Morgan fingerprint density at radius 2 is 2.12 bits per heavy atom. The fourth-order valence-electron chi connectivity index (χ4n) is 2.12. The zero-order valence-electron chi connectivity index (χ0n) is 11.0. The van der Waals surface area contributed by atoms with E-state index in [-0.39, 0.29) is 11.9 Å². The van der Waals surface area contributed by atoms with Crippen LogP contribution < -0.4 is 5.73 Å². The molecule has 0 aromatic heterocycles. The molecule has 0 radical (unpaired) electrons. The van der Waals surface area contributed by atoms with Crippen molar-refractivity contribution in [2.75, 3.05) is 45.9 Å². The van der Waals surface area contributed by atoms with Crippen LogP contribution in [0.25, 0.3) is 0 Å². The van der Waals surface area contributed by atoms with Gasteiger partial charge in [-0.15, -0.1) is 0 Å². The Kier molecular flexibility index (Phi) is 6.47. The van der Waals surface area contributed by atoms with E-state index in [1.165, 1.54) is 0 Å². The van der Waals surface area contributed by atoms with Gasteiger partial charge in [0.05, 0.1) is 19.3 Å². The molecule has 1 aliphatic heterocycles. The summed E-state index contributed by atoms with van der Waals surface area (Å²) < 4.78 is 5.26. The van der Waals surface area contributed by atoms with Crippen molar-refractivity contribution in [3.05, 3.63) is 0 Å². The number of rotatable bonds is 6. The van der Waals surface area contributed by atoms with Gasteiger partial charge in [0.1, 0.15) is 0 Å². The first kappa shape index (κ1) is 14.4. The maximum Gasteiger partial charge on any atom is 0.239 e. The molecule has 1 aliphatic rings. The van der Waals surface area contributed by atoms with Crippen LogP contribution in [-0.4, -0.2) is 67.7 Å². The van der Waals surface area contributed by atoms with Gasteiger partial charge in [-0.2, -0.15) is 0 Å². The van der Waals surface area contributed by atoms with Gasteiger partial charge in [0.25, 0.3) is 0 Å². The van der Waals surface area contributed by atoms with Crippen LogP contribution in [0.2, 0.25) is 0 Å². The van der Waals surface area contributed by atoms with Crippen molar-refractivity contribution < 1.29 is 9.53 Å². The molecule has 1 atom stereocenters. The van der Waals surface area contributed by atoms with Gasteiger partial charge < -0.3 is 15.4 Å². The number of carbonyl (C=O) groups excluding carboxylic acids is 1. The van der Waals surface area contributed by atoms with Gasteiger partial charge >= 0.3 is 0 Å². The first-order chi connectivity index (χ1) is 8.20. The number of likely N-dealkylation sites (N-methyl/N-ethyl adjacent to an activating group) is 1. The molecule has 0 spiro atoms. The lowest BCUT2D eigenvalue weighted by Crippen LogP contribution is -2.50. The summed E-state index contributed by atoms with van der Waals surface area (Å²) in [6, 6.07) is -0.0513. The summed E-state index contributed by atoms with van der Waals surface area (Å²) in [6.07, 6.45) is 0.939. The fourth-order valence-corrected chi connectivity index (χ4v) is 2.12. The van der Waals surface area contributed by atoms with E-state index in [0.29, 0.717) is 19.8 Å². The number of amides is 1. The largest absolute Gasteiger partial charge is 0.378 e. The SMILES string of the molecule is CCN(CCCN)C(C)C(=O)N1CCOCC1. The van der Waals surface area contributed by atoms with Gasteiger partial charge in [0, 0.05) is 19.6 Å². The molecule has 1 saturated heterocycles. The second-order valence-electron chi connectivity index (χ2n) is 4.38. The van der Waals surface area contributed by atoms with E-state index in [1.54, 1.807) is 0 Å². The summed E-state index contributed by atoms with van der Waals surface area (Å²) in [6.45, 7) is 9.28. The van der Waals surface area contributed by atoms with Crippen molar-refractivity contribution in [2.45, 2.75) is 26.3 Å². The topological polar surface area (TPSA) is 58.8 Å². The minimum atomic E-state index is -0.0513. The average molecular weight is 243 g/mol. The molecule has 0 aromatic carbocycles. The molecule has 1 rings (SSSR count). The van der Waals surface area contributed by atoms with E-state index < -0.39 is 0 Å². The molecule has 0 saturated carbocycles. The van der Waals surface area contributed by atoms with E-state index in [4.69, 9.17) is 10.5 Å². The van der Waals surface area contributed by atoms with Crippen molar-refractivity contribution in [1.29, 1.82) is 0 Å². The summed E-state index contributed by atoms with van der Waals surface area (Å²) in [5, 5.41) is 0. The van der Waals surface area contributed by atoms with Gasteiger partial charge in [-0.3, -0.25) is 9.69 Å². The molecule has 5 heteroatoms. The minimum Gasteiger partial charge on any atom is -0.378 e. The van der Waals surface area contributed by atoms with E-state index in [9.17, 15) is 4.79 Å². The molecule has 1 unspecified atom stereocenters. The molecule has 2 N–H and O–H groups in total. The number of hydrogen-bond donors (Lipinski definition) is 1. The zero-order chi connectivity index (χ0) is 12.7.